The van der Waals surface area contributed by atoms with Gasteiger partial charge in [-0.1, -0.05) is 43.1 Å². The number of carbonyl (C=O) groups excluding carboxylic acids is 1. The maximum atomic E-state index is 12.1. The number of nitrogens with zero attached hydrogens (tertiary/aromatic N) is 3. The largest absolute Gasteiger partial charge is 0.333 e. The highest BCUT2D eigenvalue weighted by Gasteiger charge is 2.15. The van der Waals surface area contributed by atoms with E-state index in [1.807, 2.05) is 42.5 Å². The molecule has 0 aliphatic carbocycles. The maximum absolute atomic E-state index is 12.1. The highest BCUT2D eigenvalue weighted by Crippen LogP contribution is 2.28. The van der Waals surface area contributed by atoms with Crippen molar-refractivity contribution in [2.24, 2.45) is 0 Å². The summed E-state index contributed by atoms with van der Waals surface area (Å²) in [7, 11) is 0. The third-order valence-electron chi connectivity index (χ3n) is 3.76. The molecule has 0 unspecified atom stereocenters. The number of unbranched alkanes of at least 4 members (excludes halogenated alkanes) is 2. The molecule has 0 bridgehead atoms. The fraction of sp³-hybridized carbons (Fsp3) is 0.263. The lowest BCUT2D eigenvalue weighted by Gasteiger charge is -2.08. The van der Waals surface area contributed by atoms with Crippen LogP contribution in [0.3, 0.4) is 0 Å². The van der Waals surface area contributed by atoms with Gasteiger partial charge in [0.2, 0.25) is 11.7 Å². The van der Waals surface area contributed by atoms with Crippen molar-refractivity contribution in [3.05, 3.63) is 48.7 Å². The Balaban J connectivity index is 1.79. The molecule has 2 aromatic heterocycles. The first-order valence-electron chi connectivity index (χ1n) is 8.42. The van der Waals surface area contributed by atoms with Gasteiger partial charge in [-0.3, -0.25) is 9.78 Å². The molecule has 0 aliphatic rings. The third kappa shape index (κ3) is 4.29. The molecule has 1 aromatic carbocycles. The van der Waals surface area contributed by atoms with E-state index in [1.165, 1.54) is 0 Å². The van der Waals surface area contributed by atoms with Crippen LogP contribution in [0.4, 0.5) is 5.69 Å². The molecule has 0 fully saturated rings. The zero-order valence-corrected chi connectivity index (χ0v) is 14.1. The molecule has 0 aliphatic heterocycles. The minimum absolute atomic E-state index is 0.00892. The summed E-state index contributed by atoms with van der Waals surface area (Å²) < 4.78 is 5.37. The zero-order chi connectivity index (χ0) is 17.5. The summed E-state index contributed by atoms with van der Waals surface area (Å²) >= 11 is 0. The molecular formula is C19H20N4O2. The summed E-state index contributed by atoms with van der Waals surface area (Å²) in [5.41, 5.74) is 2.00. The Kier molecular flexibility index (Phi) is 5.51. The summed E-state index contributed by atoms with van der Waals surface area (Å²) in [6.45, 7) is 2.11. The van der Waals surface area contributed by atoms with Crippen LogP contribution in [-0.4, -0.2) is 21.0 Å². The SMILES string of the molecule is CCCCCC(=O)Nc1ccccc1-c1nc(-c2ccccn2)no1. The van der Waals surface area contributed by atoms with Crippen LogP contribution in [-0.2, 0) is 4.79 Å². The first kappa shape index (κ1) is 16.8. The number of amides is 1. The number of nitrogens with one attached hydrogen (secondary N) is 1. The van der Waals surface area contributed by atoms with Crippen molar-refractivity contribution in [2.75, 3.05) is 5.32 Å². The molecule has 6 nitrogen and oxygen atoms in total. The summed E-state index contributed by atoms with van der Waals surface area (Å²) in [5.74, 6) is 0.759. The van der Waals surface area contributed by atoms with Crippen LogP contribution in [0.15, 0.2) is 53.2 Å². The van der Waals surface area contributed by atoms with Gasteiger partial charge in [0.15, 0.2) is 0 Å². The van der Waals surface area contributed by atoms with Gasteiger partial charge in [0.05, 0.1) is 11.3 Å². The number of rotatable bonds is 7. The Morgan fingerprint density at radius 2 is 1.96 bits per heavy atom. The lowest BCUT2D eigenvalue weighted by atomic mass is 10.1. The normalized spacial score (nSPS) is 10.6. The second-order valence-corrected chi connectivity index (χ2v) is 5.69. The van der Waals surface area contributed by atoms with Crippen LogP contribution in [0, 0.1) is 0 Å². The van der Waals surface area contributed by atoms with Crippen LogP contribution < -0.4 is 5.32 Å². The lowest BCUT2D eigenvalue weighted by molar-refractivity contribution is -0.116. The highest BCUT2D eigenvalue weighted by atomic mass is 16.5. The van der Waals surface area contributed by atoms with Gasteiger partial charge in [-0.15, -0.1) is 0 Å². The second kappa shape index (κ2) is 8.19. The molecule has 6 heteroatoms. The van der Waals surface area contributed by atoms with Gasteiger partial charge < -0.3 is 9.84 Å². The molecule has 1 N–H and O–H groups in total. The van der Waals surface area contributed by atoms with E-state index in [9.17, 15) is 4.79 Å². The first-order chi connectivity index (χ1) is 12.3. The number of aromatic nitrogens is 3. The molecule has 1 amide bonds. The molecule has 3 aromatic rings. The molecule has 0 spiro atoms. The number of pyridine rings is 1. The van der Waals surface area contributed by atoms with Crippen LogP contribution in [0.25, 0.3) is 23.0 Å². The third-order valence-corrected chi connectivity index (χ3v) is 3.76. The molecule has 0 saturated carbocycles. The predicted octanol–water partition coefficient (Wildman–Crippen LogP) is 4.32. The summed E-state index contributed by atoms with van der Waals surface area (Å²) in [5, 5.41) is 6.92. The van der Waals surface area contributed by atoms with E-state index in [0.717, 1.165) is 19.3 Å². The van der Waals surface area contributed by atoms with E-state index in [0.29, 0.717) is 35.1 Å². The van der Waals surface area contributed by atoms with Gasteiger partial charge in [0.1, 0.15) is 5.69 Å². The fourth-order valence-electron chi connectivity index (χ4n) is 2.46. The Labute approximate surface area is 146 Å². The minimum atomic E-state index is -0.00892. The Hall–Kier alpha value is -3.02. The topological polar surface area (TPSA) is 80.9 Å². The molecular weight excluding hydrogens is 316 g/mol. The lowest BCUT2D eigenvalue weighted by Crippen LogP contribution is -2.11. The van der Waals surface area contributed by atoms with Gasteiger partial charge >= 0.3 is 0 Å². The van der Waals surface area contributed by atoms with Crippen molar-refractivity contribution in [2.45, 2.75) is 32.6 Å². The van der Waals surface area contributed by atoms with E-state index in [-0.39, 0.29) is 5.91 Å². The minimum Gasteiger partial charge on any atom is -0.333 e. The van der Waals surface area contributed by atoms with Gasteiger partial charge in [-0.25, -0.2) is 0 Å². The van der Waals surface area contributed by atoms with Crippen molar-refractivity contribution in [3.63, 3.8) is 0 Å². The molecule has 2 heterocycles. The Bertz CT molecular complexity index is 830. The zero-order valence-electron chi connectivity index (χ0n) is 14.1. The van der Waals surface area contributed by atoms with E-state index in [4.69, 9.17) is 4.52 Å². The van der Waals surface area contributed by atoms with Gasteiger partial charge in [-0.05, 0) is 30.7 Å². The number of hydrogen-bond acceptors (Lipinski definition) is 5. The van der Waals surface area contributed by atoms with Crippen LogP contribution in [0.5, 0.6) is 0 Å². The second-order valence-electron chi connectivity index (χ2n) is 5.69. The average molecular weight is 336 g/mol. The fourth-order valence-corrected chi connectivity index (χ4v) is 2.46. The molecule has 25 heavy (non-hydrogen) atoms. The summed E-state index contributed by atoms with van der Waals surface area (Å²) in [4.78, 5) is 20.7. The Morgan fingerprint density at radius 1 is 1.12 bits per heavy atom. The number of carbonyl (C=O) groups is 1. The standard InChI is InChI=1S/C19H20N4O2/c1-2-3-4-12-17(24)21-15-10-6-5-9-14(15)19-22-18(23-25-19)16-11-7-8-13-20-16/h5-11,13H,2-4,12H2,1H3,(H,21,24). The van der Waals surface area contributed by atoms with Crippen molar-refractivity contribution in [1.82, 2.24) is 15.1 Å². The monoisotopic (exact) mass is 336 g/mol. The van der Waals surface area contributed by atoms with E-state index in [1.54, 1.807) is 6.20 Å². The van der Waals surface area contributed by atoms with Crippen molar-refractivity contribution >= 4 is 11.6 Å². The molecule has 0 atom stereocenters. The summed E-state index contributed by atoms with van der Waals surface area (Å²) in [6.07, 6.45) is 5.20. The number of anilines is 1. The van der Waals surface area contributed by atoms with Crippen LogP contribution >= 0.6 is 0 Å². The van der Waals surface area contributed by atoms with Crippen LogP contribution in [0.2, 0.25) is 0 Å². The van der Waals surface area contributed by atoms with E-state index < -0.39 is 0 Å². The van der Waals surface area contributed by atoms with Crippen LogP contribution in [0.1, 0.15) is 32.6 Å². The molecule has 3 rings (SSSR count). The first-order valence-corrected chi connectivity index (χ1v) is 8.42. The number of hydrogen-bond donors (Lipinski definition) is 1. The van der Waals surface area contributed by atoms with Crippen molar-refractivity contribution in [3.8, 4) is 23.0 Å². The van der Waals surface area contributed by atoms with E-state index >= 15 is 0 Å². The molecule has 128 valence electrons. The number of para-hydroxylation sites is 1. The van der Waals surface area contributed by atoms with Gasteiger partial charge in [-0.2, -0.15) is 4.98 Å². The van der Waals surface area contributed by atoms with Crippen molar-refractivity contribution < 1.29 is 9.32 Å². The van der Waals surface area contributed by atoms with Gasteiger partial charge in [0.25, 0.3) is 5.89 Å². The van der Waals surface area contributed by atoms with E-state index in [2.05, 4.69) is 27.4 Å². The quantitative estimate of drug-likeness (QED) is 0.650. The predicted molar refractivity (Wildman–Crippen MR) is 95.7 cm³/mol. The number of benzene rings is 1. The smallest absolute Gasteiger partial charge is 0.260 e. The Morgan fingerprint density at radius 3 is 2.76 bits per heavy atom. The van der Waals surface area contributed by atoms with Gasteiger partial charge in [0, 0.05) is 12.6 Å². The maximum Gasteiger partial charge on any atom is 0.260 e. The average Bonchev–Trinajstić information content (AvgIpc) is 3.13. The molecule has 0 saturated heterocycles. The highest BCUT2D eigenvalue weighted by molar-refractivity contribution is 5.94. The van der Waals surface area contributed by atoms with Crippen molar-refractivity contribution in [1.29, 1.82) is 0 Å². The summed E-state index contributed by atoms with van der Waals surface area (Å²) in [6, 6.07) is 12.9. The molecule has 0 radical (unpaired) electrons.